The van der Waals surface area contributed by atoms with Gasteiger partial charge >= 0.3 is 0 Å². The first-order chi connectivity index (χ1) is 15.7. The van der Waals surface area contributed by atoms with Crippen LogP contribution in [0.15, 0.2) is 47.0 Å². The number of furan rings is 1. The van der Waals surface area contributed by atoms with Crippen LogP contribution in [-0.4, -0.2) is 53.0 Å². The summed E-state index contributed by atoms with van der Waals surface area (Å²) in [5, 5.41) is 5.76. The van der Waals surface area contributed by atoms with Crippen molar-refractivity contribution < 1.29 is 13.9 Å². The Morgan fingerprint density at radius 3 is 2.97 bits per heavy atom. The minimum Gasteiger partial charge on any atom is -0.473 e. The number of imidazole rings is 1. The largest absolute Gasteiger partial charge is 0.473 e. The SMILES string of the molecule is COC[C@H]1CCCN1c1cccc2oc(-c3cnc4ccc(O[C@H]5C[C@H](N)C5)nn34)cc12. The summed E-state index contributed by atoms with van der Waals surface area (Å²) in [6, 6.07) is 12.7. The van der Waals surface area contributed by atoms with Gasteiger partial charge in [-0.1, -0.05) is 6.07 Å². The van der Waals surface area contributed by atoms with Crippen LogP contribution in [0.4, 0.5) is 5.69 Å². The van der Waals surface area contributed by atoms with Crippen molar-refractivity contribution in [1.29, 1.82) is 0 Å². The van der Waals surface area contributed by atoms with E-state index in [1.165, 1.54) is 12.1 Å². The zero-order valence-corrected chi connectivity index (χ0v) is 18.1. The predicted molar refractivity (Wildman–Crippen MR) is 122 cm³/mol. The third-order valence-corrected chi connectivity index (χ3v) is 6.59. The van der Waals surface area contributed by atoms with Gasteiger partial charge in [-0.3, -0.25) is 0 Å². The molecule has 8 heteroatoms. The number of benzene rings is 1. The zero-order valence-electron chi connectivity index (χ0n) is 18.1. The van der Waals surface area contributed by atoms with Gasteiger partial charge in [0.05, 0.1) is 18.8 Å². The molecule has 2 fully saturated rings. The number of ether oxygens (including phenoxy) is 2. The fourth-order valence-corrected chi connectivity index (χ4v) is 4.90. The molecule has 1 aromatic carbocycles. The summed E-state index contributed by atoms with van der Waals surface area (Å²) in [5.41, 5.74) is 9.46. The summed E-state index contributed by atoms with van der Waals surface area (Å²) in [4.78, 5) is 6.94. The molecule has 1 saturated carbocycles. The Labute approximate surface area is 185 Å². The van der Waals surface area contributed by atoms with Crippen LogP contribution in [0.3, 0.4) is 0 Å². The van der Waals surface area contributed by atoms with Crippen molar-refractivity contribution in [3.63, 3.8) is 0 Å². The van der Waals surface area contributed by atoms with Crippen LogP contribution in [0.2, 0.25) is 0 Å². The molecule has 1 aliphatic heterocycles. The molecule has 166 valence electrons. The van der Waals surface area contributed by atoms with E-state index in [1.54, 1.807) is 17.8 Å². The Kier molecular flexibility index (Phi) is 4.77. The minimum absolute atomic E-state index is 0.135. The number of nitrogens with two attached hydrogens (primary N) is 1. The number of hydrogen-bond donors (Lipinski definition) is 1. The molecule has 2 N–H and O–H groups in total. The molecule has 4 heterocycles. The van der Waals surface area contributed by atoms with Crippen molar-refractivity contribution in [1.82, 2.24) is 14.6 Å². The van der Waals surface area contributed by atoms with Crippen LogP contribution in [0.5, 0.6) is 5.88 Å². The van der Waals surface area contributed by atoms with Gasteiger partial charge in [-0.15, -0.1) is 5.10 Å². The smallest absolute Gasteiger partial charge is 0.232 e. The summed E-state index contributed by atoms with van der Waals surface area (Å²) < 4.78 is 19.5. The van der Waals surface area contributed by atoms with Gasteiger partial charge in [0.2, 0.25) is 5.88 Å². The first-order valence-electron chi connectivity index (χ1n) is 11.2. The molecule has 8 nitrogen and oxygen atoms in total. The van der Waals surface area contributed by atoms with Gasteiger partial charge in [-0.05, 0) is 49.9 Å². The van der Waals surface area contributed by atoms with Crippen molar-refractivity contribution >= 4 is 22.3 Å². The van der Waals surface area contributed by atoms with E-state index in [1.807, 2.05) is 18.2 Å². The second-order valence-corrected chi connectivity index (χ2v) is 8.80. The number of rotatable bonds is 6. The van der Waals surface area contributed by atoms with Gasteiger partial charge in [0, 0.05) is 36.8 Å². The number of aromatic nitrogens is 3. The maximum Gasteiger partial charge on any atom is 0.232 e. The van der Waals surface area contributed by atoms with Gasteiger partial charge in [0.25, 0.3) is 0 Å². The molecule has 2 aliphatic rings. The highest BCUT2D eigenvalue weighted by molar-refractivity contribution is 5.94. The van der Waals surface area contributed by atoms with Crippen LogP contribution in [0, 0.1) is 0 Å². The van der Waals surface area contributed by atoms with Gasteiger partial charge in [-0.2, -0.15) is 0 Å². The molecule has 0 radical (unpaired) electrons. The summed E-state index contributed by atoms with van der Waals surface area (Å²) in [5.74, 6) is 1.31. The lowest BCUT2D eigenvalue weighted by atomic mass is 9.90. The standard InChI is InChI=1S/C24H27N5O3/c1-30-14-16-4-3-9-28(16)19-5-2-6-21-18(19)12-22(32-21)20-13-26-23-7-8-24(27-29(20)23)31-17-10-15(25)11-17/h2,5-8,12-13,15-17H,3-4,9-11,14,25H2,1H3/t15-,16-,17-/m1/s1. The molecule has 3 aromatic heterocycles. The van der Waals surface area contributed by atoms with Crippen molar-refractivity contribution in [3.05, 3.63) is 42.6 Å². The maximum absolute atomic E-state index is 6.27. The number of nitrogens with zero attached hydrogens (tertiary/aromatic N) is 4. The molecule has 1 saturated heterocycles. The molecule has 1 atom stereocenters. The lowest BCUT2D eigenvalue weighted by Crippen LogP contribution is -2.43. The molecule has 32 heavy (non-hydrogen) atoms. The molecule has 6 rings (SSSR count). The third kappa shape index (κ3) is 3.30. The topological polar surface area (TPSA) is 91.0 Å². The highest BCUT2D eigenvalue weighted by Crippen LogP contribution is 2.37. The Bertz CT molecular complexity index is 1260. The van der Waals surface area contributed by atoms with E-state index in [0.29, 0.717) is 11.9 Å². The molecular formula is C24H27N5O3. The number of methoxy groups -OCH3 is 1. The van der Waals surface area contributed by atoms with Gasteiger partial charge in [0.15, 0.2) is 11.4 Å². The van der Waals surface area contributed by atoms with E-state index < -0.39 is 0 Å². The average molecular weight is 434 g/mol. The summed E-state index contributed by atoms with van der Waals surface area (Å²) in [6.07, 6.45) is 5.97. The number of hydrogen-bond acceptors (Lipinski definition) is 7. The number of fused-ring (bicyclic) bond motifs is 2. The van der Waals surface area contributed by atoms with Crippen LogP contribution < -0.4 is 15.4 Å². The fourth-order valence-electron chi connectivity index (χ4n) is 4.90. The summed E-state index contributed by atoms with van der Waals surface area (Å²) in [6.45, 7) is 1.75. The van der Waals surface area contributed by atoms with E-state index in [-0.39, 0.29) is 12.1 Å². The van der Waals surface area contributed by atoms with E-state index in [4.69, 9.17) is 19.6 Å². The Morgan fingerprint density at radius 2 is 2.12 bits per heavy atom. The second kappa shape index (κ2) is 7.79. The maximum atomic E-state index is 6.27. The highest BCUT2D eigenvalue weighted by Gasteiger charge is 2.29. The van der Waals surface area contributed by atoms with Gasteiger partial charge < -0.3 is 24.5 Å². The lowest BCUT2D eigenvalue weighted by Gasteiger charge is -2.31. The average Bonchev–Trinajstić information content (AvgIpc) is 3.50. The van der Waals surface area contributed by atoms with Crippen molar-refractivity contribution in [2.45, 2.75) is 43.9 Å². The predicted octanol–water partition coefficient (Wildman–Crippen LogP) is 3.63. The normalized spacial score (nSPS) is 23.2. The quantitative estimate of drug-likeness (QED) is 0.496. The van der Waals surface area contributed by atoms with Crippen molar-refractivity contribution in [2.24, 2.45) is 5.73 Å². The lowest BCUT2D eigenvalue weighted by molar-refractivity contribution is 0.0944. The second-order valence-electron chi connectivity index (χ2n) is 8.80. The monoisotopic (exact) mass is 433 g/mol. The van der Waals surface area contributed by atoms with E-state index in [2.05, 4.69) is 33.2 Å². The molecule has 1 aliphatic carbocycles. The van der Waals surface area contributed by atoms with E-state index in [9.17, 15) is 0 Å². The molecule has 0 spiro atoms. The summed E-state index contributed by atoms with van der Waals surface area (Å²) in [7, 11) is 1.77. The minimum atomic E-state index is 0.135. The van der Waals surface area contributed by atoms with Crippen LogP contribution in [0.1, 0.15) is 25.7 Å². The molecule has 0 amide bonds. The van der Waals surface area contributed by atoms with E-state index >= 15 is 0 Å². The first kappa shape index (κ1) is 19.6. The van der Waals surface area contributed by atoms with Crippen LogP contribution in [0.25, 0.3) is 28.1 Å². The van der Waals surface area contributed by atoms with Crippen molar-refractivity contribution in [3.8, 4) is 17.3 Å². The third-order valence-electron chi connectivity index (χ3n) is 6.59. The molecule has 0 bridgehead atoms. The van der Waals surface area contributed by atoms with Gasteiger partial charge in [-0.25, -0.2) is 9.50 Å². The first-order valence-corrected chi connectivity index (χ1v) is 11.2. The highest BCUT2D eigenvalue weighted by atomic mass is 16.5. The van der Waals surface area contributed by atoms with Crippen LogP contribution in [-0.2, 0) is 4.74 Å². The summed E-state index contributed by atoms with van der Waals surface area (Å²) >= 11 is 0. The zero-order chi connectivity index (χ0) is 21.7. The molecule has 0 unspecified atom stereocenters. The van der Waals surface area contributed by atoms with Gasteiger partial charge in [0.1, 0.15) is 17.4 Å². The van der Waals surface area contributed by atoms with Crippen LogP contribution >= 0.6 is 0 Å². The number of anilines is 1. The fraction of sp³-hybridized carbons (Fsp3) is 0.417. The molecular weight excluding hydrogens is 406 g/mol. The molecule has 4 aromatic rings. The van der Waals surface area contributed by atoms with E-state index in [0.717, 1.165) is 60.5 Å². The Hall–Kier alpha value is -3.10. The Morgan fingerprint density at radius 1 is 1.22 bits per heavy atom. The Balaban J connectivity index is 1.37. The van der Waals surface area contributed by atoms with Crippen molar-refractivity contribution in [2.75, 3.05) is 25.2 Å².